The van der Waals surface area contributed by atoms with Crippen molar-refractivity contribution in [1.29, 1.82) is 0 Å². The predicted octanol–water partition coefficient (Wildman–Crippen LogP) is 2.68. The fourth-order valence-electron chi connectivity index (χ4n) is 2.17. The Morgan fingerprint density at radius 2 is 2.32 bits per heavy atom. The molecule has 0 spiro atoms. The first-order chi connectivity index (χ1) is 9.17. The van der Waals surface area contributed by atoms with Crippen LogP contribution < -0.4 is 10.1 Å². The Kier molecular flexibility index (Phi) is 2.94. The first-order valence-electron chi connectivity index (χ1n) is 5.83. The fraction of sp³-hybridized carbons (Fsp3) is 0.231. The van der Waals surface area contributed by atoms with E-state index in [2.05, 4.69) is 5.32 Å². The molecule has 6 heteroatoms. The molecule has 1 aliphatic heterocycles. The maximum atomic E-state index is 10.8. The number of rotatable bonds is 2. The monoisotopic (exact) mass is 276 g/mol. The van der Waals surface area contributed by atoms with Crippen molar-refractivity contribution in [2.75, 3.05) is 12.4 Å². The highest BCUT2D eigenvalue weighted by molar-refractivity contribution is 8.00. The second kappa shape index (κ2) is 4.62. The SMILES string of the molecule is COc1ccc2c(c1)SC1C=C([N+](=O)[O-])C=CC1N2. The van der Waals surface area contributed by atoms with Gasteiger partial charge in [-0.3, -0.25) is 10.1 Å². The van der Waals surface area contributed by atoms with Crippen LogP contribution in [0.2, 0.25) is 0 Å². The van der Waals surface area contributed by atoms with Gasteiger partial charge in [0.25, 0.3) is 5.70 Å². The summed E-state index contributed by atoms with van der Waals surface area (Å²) in [5, 5.41) is 14.2. The highest BCUT2D eigenvalue weighted by Crippen LogP contribution is 2.42. The van der Waals surface area contributed by atoms with Gasteiger partial charge in [0.2, 0.25) is 0 Å². The molecule has 3 rings (SSSR count). The molecule has 0 aromatic heterocycles. The Morgan fingerprint density at radius 3 is 3.05 bits per heavy atom. The average molecular weight is 276 g/mol. The number of ether oxygens (including phenoxy) is 1. The number of hydrogen-bond donors (Lipinski definition) is 1. The summed E-state index contributed by atoms with van der Waals surface area (Å²) < 4.78 is 5.20. The van der Waals surface area contributed by atoms with Gasteiger partial charge in [0, 0.05) is 22.7 Å². The summed E-state index contributed by atoms with van der Waals surface area (Å²) in [6, 6.07) is 5.91. The fourth-order valence-corrected chi connectivity index (χ4v) is 3.42. The van der Waals surface area contributed by atoms with Gasteiger partial charge in [0.15, 0.2) is 0 Å². The van der Waals surface area contributed by atoms with Gasteiger partial charge in [-0.05, 0) is 18.2 Å². The first-order valence-corrected chi connectivity index (χ1v) is 6.71. The Labute approximate surface area is 114 Å². The molecule has 0 fully saturated rings. The van der Waals surface area contributed by atoms with Crippen LogP contribution in [-0.2, 0) is 0 Å². The van der Waals surface area contributed by atoms with Crippen molar-refractivity contribution in [3.8, 4) is 5.75 Å². The van der Waals surface area contributed by atoms with E-state index < -0.39 is 0 Å². The molecule has 2 unspecified atom stereocenters. The molecule has 1 aromatic rings. The highest BCUT2D eigenvalue weighted by atomic mass is 32.2. The maximum absolute atomic E-state index is 10.8. The Hall–Kier alpha value is -1.95. The number of nitrogens with one attached hydrogen (secondary N) is 1. The molecule has 0 amide bonds. The molecule has 0 saturated heterocycles. The third kappa shape index (κ3) is 2.19. The molecule has 1 N–H and O–H groups in total. The van der Waals surface area contributed by atoms with E-state index in [-0.39, 0.29) is 21.9 Å². The highest BCUT2D eigenvalue weighted by Gasteiger charge is 2.30. The molecule has 0 saturated carbocycles. The van der Waals surface area contributed by atoms with Crippen molar-refractivity contribution in [1.82, 2.24) is 0 Å². The van der Waals surface area contributed by atoms with Gasteiger partial charge in [-0.1, -0.05) is 6.08 Å². The van der Waals surface area contributed by atoms with Gasteiger partial charge in [0.05, 0.1) is 23.3 Å². The molecular formula is C13H12N2O3S. The molecule has 2 aliphatic rings. The second-order valence-electron chi connectivity index (χ2n) is 4.32. The van der Waals surface area contributed by atoms with Crippen LogP contribution in [0.25, 0.3) is 0 Å². The summed E-state index contributed by atoms with van der Waals surface area (Å²) in [6.45, 7) is 0. The van der Waals surface area contributed by atoms with E-state index in [9.17, 15) is 10.1 Å². The minimum Gasteiger partial charge on any atom is -0.497 e. The van der Waals surface area contributed by atoms with E-state index in [0.29, 0.717) is 0 Å². The maximum Gasteiger partial charge on any atom is 0.266 e. The van der Waals surface area contributed by atoms with E-state index >= 15 is 0 Å². The number of thioether (sulfide) groups is 1. The quantitative estimate of drug-likeness (QED) is 0.664. The third-order valence-corrected chi connectivity index (χ3v) is 4.44. The molecule has 0 radical (unpaired) electrons. The normalized spacial score (nSPS) is 23.7. The number of anilines is 1. The van der Waals surface area contributed by atoms with Crippen LogP contribution in [0.1, 0.15) is 0 Å². The summed E-state index contributed by atoms with van der Waals surface area (Å²) in [6.07, 6.45) is 5.11. The molecule has 98 valence electrons. The van der Waals surface area contributed by atoms with Crippen LogP contribution in [0, 0.1) is 10.1 Å². The number of allylic oxidation sites excluding steroid dienone is 1. The zero-order valence-corrected chi connectivity index (χ0v) is 11.0. The zero-order chi connectivity index (χ0) is 13.4. The number of nitro groups is 1. The van der Waals surface area contributed by atoms with Crippen LogP contribution >= 0.6 is 11.8 Å². The minimum absolute atomic E-state index is 0.0324. The lowest BCUT2D eigenvalue weighted by Gasteiger charge is -2.32. The van der Waals surface area contributed by atoms with Crippen LogP contribution in [0.15, 0.2) is 47.0 Å². The lowest BCUT2D eigenvalue weighted by molar-refractivity contribution is -0.419. The van der Waals surface area contributed by atoms with Gasteiger partial charge < -0.3 is 10.1 Å². The number of benzene rings is 1. The molecular weight excluding hydrogens is 264 g/mol. The Balaban J connectivity index is 1.92. The van der Waals surface area contributed by atoms with Gasteiger partial charge >= 0.3 is 0 Å². The summed E-state index contributed by atoms with van der Waals surface area (Å²) in [7, 11) is 1.62. The lowest BCUT2D eigenvalue weighted by atomic mass is 10.1. The molecule has 1 aliphatic carbocycles. The van der Waals surface area contributed by atoms with Crippen LogP contribution in [0.4, 0.5) is 5.69 Å². The van der Waals surface area contributed by atoms with Gasteiger partial charge in [-0.2, -0.15) is 0 Å². The van der Waals surface area contributed by atoms with Crippen molar-refractivity contribution in [2.45, 2.75) is 16.2 Å². The summed E-state index contributed by atoms with van der Waals surface area (Å²) >= 11 is 1.62. The van der Waals surface area contributed by atoms with E-state index in [4.69, 9.17) is 4.74 Å². The molecule has 5 nitrogen and oxygen atoms in total. The lowest BCUT2D eigenvalue weighted by Crippen LogP contribution is -2.34. The van der Waals surface area contributed by atoms with Gasteiger partial charge in [0.1, 0.15) is 5.75 Å². The topological polar surface area (TPSA) is 64.4 Å². The predicted molar refractivity (Wildman–Crippen MR) is 74.3 cm³/mol. The smallest absolute Gasteiger partial charge is 0.266 e. The minimum atomic E-state index is -0.353. The summed E-state index contributed by atoms with van der Waals surface area (Å²) in [5.74, 6) is 0.788. The Morgan fingerprint density at radius 1 is 1.47 bits per heavy atom. The van der Waals surface area contributed by atoms with E-state index in [1.54, 1.807) is 31.0 Å². The summed E-state index contributed by atoms with van der Waals surface area (Å²) in [4.78, 5) is 11.5. The van der Waals surface area contributed by atoms with E-state index in [1.807, 2.05) is 24.3 Å². The van der Waals surface area contributed by atoms with E-state index in [1.165, 1.54) is 0 Å². The van der Waals surface area contributed by atoms with Crippen molar-refractivity contribution < 1.29 is 9.66 Å². The molecule has 1 heterocycles. The van der Waals surface area contributed by atoms with Crippen LogP contribution in [0.3, 0.4) is 0 Å². The molecule has 19 heavy (non-hydrogen) atoms. The number of methoxy groups -OCH3 is 1. The van der Waals surface area contributed by atoms with Crippen LogP contribution in [-0.4, -0.2) is 23.3 Å². The van der Waals surface area contributed by atoms with Crippen molar-refractivity contribution in [2.24, 2.45) is 0 Å². The Bertz CT molecular complexity index is 598. The standard InChI is InChI=1S/C13H12N2O3S/c1-18-9-3-5-11-13(7-9)19-12-6-8(15(16)17)2-4-10(12)14-11/h2-7,10,12,14H,1H3. The summed E-state index contributed by atoms with van der Waals surface area (Å²) in [5.41, 5.74) is 1.19. The van der Waals surface area contributed by atoms with Crippen molar-refractivity contribution >= 4 is 17.4 Å². The van der Waals surface area contributed by atoms with Crippen LogP contribution in [0.5, 0.6) is 5.75 Å². The van der Waals surface area contributed by atoms with E-state index in [0.717, 1.165) is 16.3 Å². The number of fused-ring (bicyclic) bond motifs is 2. The van der Waals surface area contributed by atoms with Gasteiger partial charge in [-0.25, -0.2) is 0 Å². The molecule has 0 bridgehead atoms. The average Bonchev–Trinajstić information content (AvgIpc) is 2.43. The second-order valence-corrected chi connectivity index (χ2v) is 5.54. The number of hydrogen-bond acceptors (Lipinski definition) is 5. The number of nitrogens with zero attached hydrogens (tertiary/aromatic N) is 1. The first kappa shape index (κ1) is 12.1. The third-order valence-electron chi connectivity index (χ3n) is 3.15. The largest absolute Gasteiger partial charge is 0.497 e. The van der Waals surface area contributed by atoms with Crippen molar-refractivity contribution in [3.63, 3.8) is 0 Å². The van der Waals surface area contributed by atoms with Gasteiger partial charge in [-0.15, -0.1) is 11.8 Å². The molecule has 2 atom stereocenters. The zero-order valence-electron chi connectivity index (χ0n) is 10.2. The van der Waals surface area contributed by atoms with Crippen molar-refractivity contribution in [3.05, 3.63) is 52.2 Å². The molecule has 1 aromatic carbocycles.